The quantitative estimate of drug-likeness (QED) is 0.661. The number of carbonyl (C=O) groups is 1. The molecule has 6 nitrogen and oxygen atoms in total. The van der Waals surface area contributed by atoms with Gasteiger partial charge < -0.3 is 18.8 Å². The highest BCUT2D eigenvalue weighted by Crippen LogP contribution is 2.33. The second-order valence-corrected chi connectivity index (χ2v) is 7.11. The van der Waals surface area contributed by atoms with E-state index in [1.807, 2.05) is 54.3 Å². The van der Waals surface area contributed by atoms with E-state index in [9.17, 15) is 4.79 Å². The first kappa shape index (κ1) is 19.1. The van der Waals surface area contributed by atoms with Crippen LogP contribution in [-0.4, -0.2) is 36.6 Å². The van der Waals surface area contributed by atoms with E-state index in [1.165, 1.54) is 5.56 Å². The van der Waals surface area contributed by atoms with Crippen LogP contribution in [0.3, 0.4) is 0 Å². The van der Waals surface area contributed by atoms with Gasteiger partial charge in [0.2, 0.25) is 11.8 Å². The minimum Gasteiger partial charge on any atom is -0.493 e. The van der Waals surface area contributed by atoms with Crippen LogP contribution in [0.5, 0.6) is 11.5 Å². The van der Waals surface area contributed by atoms with E-state index in [2.05, 4.69) is 4.98 Å². The van der Waals surface area contributed by atoms with Gasteiger partial charge in [-0.2, -0.15) is 0 Å². The van der Waals surface area contributed by atoms with Crippen LogP contribution in [0.15, 0.2) is 46.9 Å². The van der Waals surface area contributed by atoms with E-state index in [1.54, 1.807) is 14.2 Å². The smallest absolute Gasteiger partial charge is 0.229 e. The summed E-state index contributed by atoms with van der Waals surface area (Å²) in [4.78, 5) is 19.4. The van der Waals surface area contributed by atoms with Gasteiger partial charge in [-0.25, -0.2) is 4.98 Å². The third kappa shape index (κ3) is 3.83. The van der Waals surface area contributed by atoms with Gasteiger partial charge in [0.05, 0.1) is 26.3 Å². The van der Waals surface area contributed by atoms with Gasteiger partial charge >= 0.3 is 0 Å². The summed E-state index contributed by atoms with van der Waals surface area (Å²) < 4.78 is 16.6. The van der Waals surface area contributed by atoms with Gasteiger partial charge in [0, 0.05) is 18.7 Å². The summed E-state index contributed by atoms with van der Waals surface area (Å²) in [5.41, 5.74) is 3.87. The standard InChI is InChI=1S/C23H24N2O4/c1-15-19(24-23(29-15)16-7-5-4-6-8-16)13-22(26)25-10-9-17-11-20(27-2)21(28-3)12-18(17)14-25/h4-8,11-12H,9-10,13-14H2,1-3H3. The van der Waals surface area contributed by atoms with Gasteiger partial charge in [0.25, 0.3) is 0 Å². The Bertz CT molecular complexity index is 1030. The molecule has 2 heterocycles. The van der Waals surface area contributed by atoms with Crippen molar-refractivity contribution in [1.29, 1.82) is 0 Å². The SMILES string of the molecule is COc1cc2c(cc1OC)CN(C(=O)Cc1nc(-c3ccccc3)oc1C)CC2. The van der Waals surface area contributed by atoms with Crippen LogP contribution >= 0.6 is 0 Å². The largest absolute Gasteiger partial charge is 0.493 e. The van der Waals surface area contributed by atoms with Crippen molar-refractivity contribution in [2.24, 2.45) is 0 Å². The zero-order valence-electron chi connectivity index (χ0n) is 16.9. The molecule has 150 valence electrons. The molecule has 0 atom stereocenters. The molecule has 6 heteroatoms. The number of rotatable bonds is 5. The highest BCUT2D eigenvalue weighted by molar-refractivity contribution is 5.79. The fourth-order valence-electron chi connectivity index (χ4n) is 3.65. The van der Waals surface area contributed by atoms with Gasteiger partial charge in [-0.15, -0.1) is 0 Å². The number of nitrogens with zero attached hydrogens (tertiary/aromatic N) is 2. The van der Waals surface area contributed by atoms with Crippen molar-refractivity contribution in [3.05, 3.63) is 65.0 Å². The third-order valence-corrected chi connectivity index (χ3v) is 5.30. The summed E-state index contributed by atoms with van der Waals surface area (Å²) in [6.07, 6.45) is 1.01. The lowest BCUT2D eigenvalue weighted by Gasteiger charge is -2.29. The van der Waals surface area contributed by atoms with Crippen molar-refractivity contribution in [1.82, 2.24) is 9.88 Å². The molecular weight excluding hydrogens is 368 g/mol. The normalized spacial score (nSPS) is 13.1. The zero-order chi connectivity index (χ0) is 20.4. The van der Waals surface area contributed by atoms with Gasteiger partial charge in [-0.1, -0.05) is 18.2 Å². The average molecular weight is 392 g/mol. The van der Waals surface area contributed by atoms with Crippen LogP contribution in [0.25, 0.3) is 11.5 Å². The molecule has 1 amide bonds. The number of aryl methyl sites for hydroxylation is 1. The molecule has 0 saturated carbocycles. The Morgan fingerprint density at radius 2 is 1.79 bits per heavy atom. The number of fused-ring (bicyclic) bond motifs is 1. The maximum atomic E-state index is 12.9. The highest BCUT2D eigenvalue weighted by Gasteiger charge is 2.24. The first-order valence-corrected chi connectivity index (χ1v) is 9.62. The van der Waals surface area contributed by atoms with E-state index < -0.39 is 0 Å². The van der Waals surface area contributed by atoms with Crippen molar-refractivity contribution in [3.63, 3.8) is 0 Å². The molecule has 0 N–H and O–H groups in total. The Labute approximate surface area is 170 Å². The van der Waals surface area contributed by atoms with Gasteiger partial charge in [0.15, 0.2) is 11.5 Å². The maximum Gasteiger partial charge on any atom is 0.229 e. The molecule has 1 aliphatic rings. The number of carbonyl (C=O) groups excluding carboxylic acids is 1. The Balaban J connectivity index is 1.50. The minimum atomic E-state index is 0.0430. The Morgan fingerprint density at radius 3 is 2.48 bits per heavy atom. The number of methoxy groups -OCH3 is 2. The van der Waals surface area contributed by atoms with Crippen LogP contribution in [-0.2, 0) is 24.2 Å². The van der Waals surface area contributed by atoms with Gasteiger partial charge in [-0.05, 0) is 48.7 Å². The van der Waals surface area contributed by atoms with Crippen LogP contribution in [0.4, 0.5) is 0 Å². The van der Waals surface area contributed by atoms with Crippen LogP contribution in [0.2, 0.25) is 0 Å². The summed E-state index contributed by atoms with van der Waals surface area (Å²) in [6, 6.07) is 13.7. The predicted molar refractivity (Wildman–Crippen MR) is 109 cm³/mol. The topological polar surface area (TPSA) is 64.8 Å². The zero-order valence-corrected chi connectivity index (χ0v) is 16.9. The lowest BCUT2D eigenvalue weighted by atomic mass is 9.98. The Hall–Kier alpha value is -3.28. The summed E-state index contributed by atoms with van der Waals surface area (Å²) >= 11 is 0. The van der Waals surface area contributed by atoms with Crippen molar-refractivity contribution in [2.45, 2.75) is 26.3 Å². The molecule has 0 aliphatic carbocycles. The summed E-state index contributed by atoms with van der Waals surface area (Å²) in [5, 5.41) is 0. The first-order valence-electron chi connectivity index (χ1n) is 9.62. The number of oxazole rings is 1. The number of amides is 1. The number of hydrogen-bond acceptors (Lipinski definition) is 5. The summed E-state index contributed by atoms with van der Waals surface area (Å²) in [7, 11) is 3.25. The van der Waals surface area contributed by atoms with Crippen LogP contribution in [0, 0.1) is 6.92 Å². The van der Waals surface area contributed by atoms with Crippen molar-refractivity contribution < 1.29 is 18.7 Å². The van der Waals surface area contributed by atoms with E-state index in [0.717, 1.165) is 23.3 Å². The molecule has 2 aromatic carbocycles. The van der Waals surface area contributed by atoms with Crippen molar-refractivity contribution in [3.8, 4) is 23.0 Å². The predicted octanol–water partition coefficient (Wildman–Crippen LogP) is 3.79. The fraction of sp³-hybridized carbons (Fsp3) is 0.304. The molecule has 29 heavy (non-hydrogen) atoms. The molecule has 0 unspecified atom stereocenters. The first-order chi connectivity index (χ1) is 14.1. The molecule has 4 rings (SSSR count). The Morgan fingerprint density at radius 1 is 1.10 bits per heavy atom. The van der Waals surface area contributed by atoms with E-state index in [0.29, 0.717) is 36.2 Å². The van der Waals surface area contributed by atoms with Crippen LogP contribution in [0.1, 0.15) is 22.6 Å². The lowest BCUT2D eigenvalue weighted by Crippen LogP contribution is -2.37. The lowest BCUT2D eigenvalue weighted by molar-refractivity contribution is -0.131. The monoisotopic (exact) mass is 392 g/mol. The summed E-state index contributed by atoms with van der Waals surface area (Å²) in [6.45, 7) is 3.07. The molecule has 1 aliphatic heterocycles. The molecule has 0 bridgehead atoms. The molecule has 0 saturated heterocycles. The molecule has 3 aromatic rings. The number of hydrogen-bond donors (Lipinski definition) is 0. The average Bonchev–Trinajstić information content (AvgIpc) is 3.13. The number of ether oxygens (including phenoxy) is 2. The van der Waals surface area contributed by atoms with Gasteiger partial charge in [-0.3, -0.25) is 4.79 Å². The van der Waals surface area contributed by atoms with E-state index >= 15 is 0 Å². The number of benzene rings is 2. The highest BCUT2D eigenvalue weighted by atomic mass is 16.5. The molecular formula is C23H24N2O4. The molecule has 0 fully saturated rings. The Kier molecular flexibility index (Phi) is 5.25. The molecule has 0 spiro atoms. The van der Waals surface area contributed by atoms with E-state index in [4.69, 9.17) is 13.9 Å². The second kappa shape index (κ2) is 7.99. The summed E-state index contributed by atoms with van der Waals surface area (Å²) in [5.74, 6) is 2.67. The maximum absolute atomic E-state index is 12.9. The van der Waals surface area contributed by atoms with Crippen molar-refractivity contribution >= 4 is 5.91 Å². The third-order valence-electron chi connectivity index (χ3n) is 5.30. The number of aromatic nitrogens is 1. The fourth-order valence-corrected chi connectivity index (χ4v) is 3.65. The molecule has 1 aromatic heterocycles. The second-order valence-electron chi connectivity index (χ2n) is 7.11. The van der Waals surface area contributed by atoms with Crippen molar-refractivity contribution in [2.75, 3.05) is 20.8 Å². The minimum absolute atomic E-state index is 0.0430. The van der Waals surface area contributed by atoms with Crippen LogP contribution < -0.4 is 9.47 Å². The van der Waals surface area contributed by atoms with E-state index in [-0.39, 0.29) is 12.3 Å². The molecule has 0 radical (unpaired) electrons. The van der Waals surface area contributed by atoms with Gasteiger partial charge in [0.1, 0.15) is 5.76 Å².